The van der Waals surface area contributed by atoms with Gasteiger partial charge in [0.2, 0.25) is 0 Å². The maximum atomic E-state index is 13.7. The summed E-state index contributed by atoms with van der Waals surface area (Å²) in [6.45, 7) is 1.78. The number of nitrogens with one attached hydrogen (secondary N) is 1. The van der Waals surface area contributed by atoms with Crippen LogP contribution in [-0.2, 0) is 0 Å². The molecule has 1 aromatic carbocycles. The second-order valence-corrected chi connectivity index (χ2v) is 5.35. The zero-order valence-electron chi connectivity index (χ0n) is 10.6. The van der Waals surface area contributed by atoms with Crippen LogP contribution in [0, 0.1) is 5.82 Å². The van der Waals surface area contributed by atoms with Gasteiger partial charge in [-0.25, -0.2) is 9.18 Å². The minimum absolute atomic E-state index is 0.0248. The van der Waals surface area contributed by atoms with Gasteiger partial charge in [-0.05, 0) is 18.2 Å². The van der Waals surface area contributed by atoms with E-state index in [1.807, 2.05) is 0 Å². The highest BCUT2D eigenvalue weighted by atomic mass is 35.5. The maximum Gasteiger partial charge on any atom is 0.317 e. The van der Waals surface area contributed by atoms with E-state index in [1.54, 1.807) is 9.80 Å². The fourth-order valence-electron chi connectivity index (χ4n) is 2.62. The van der Waals surface area contributed by atoms with Gasteiger partial charge in [-0.2, -0.15) is 0 Å². The van der Waals surface area contributed by atoms with Crippen molar-refractivity contribution in [3.63, 3.8) is 0 Å². The molecule has 0 aliphatic carbocycles. The summed E-state index contributed by atoms with van der Waals surface area (Å²) in [6.07, 6.45) is 0. The first kappa shape index (κ1) is 13.2. The van der Waals surface area contributed by atoms with Crippen LogP contribution in [-0.4, -0.2) is 54.0 Å². The maximum absolute atomic E-state index is 13.7. The van der Waals surface area contributed by atoms with Gasteiger partial charge in [0.1, 0.15) is 5.82 Å². The fourth-order valence-corrected chi connectivity index (χ4v) is 2.79. The molecule has 3 amide bonds. The summed E-state index contributed by atoms with van der Waals surface area (Å²) < 4.78 is 13.7. The molecule has 0 spiro atoms. The molecular formula is C13H13ClFN3O2. The van der Waals surface area contributed by atoms with Crippen LogP contribution in [0.5, 0.6) is 0 Å². The molecule has 1 unspecified atom stereocenters. The van der Waals surface area contributed by atoms with Crippen molar-refractivity contribution < 1.29 is 14.0 Å². The lowest BCUT2D eigenvalue weighted by molar-refractivity contribution is 0.0612. The van der Waals surface area contributed by atoms with Crippen molar-refractivity contribution in [2.24, 2.45) is 0 Å². The number of nitrogens with zero attached hydrogens (tertiary/aromatic N) is 2. The van der Waals surface area contributed by atoms with Crippen LogP contribution in [0.2, 0.25) is 5.02 Å². The summed E-state index contributed by atoms with van der Waals surface area (Å²) in [6, 6.07) is 3.79. The number of carbonyl (C=O) groups is 2. The normalized spacial score (nSPS) is 21.7. The minimum atomic E-state index is -0.581. The third-order valence-corrected chi connectivity index (χ3v) is 3.91. The van der Waals surface area contributed by atoms with Crippen LogP contribution in [0.25, 0.3) is 0 Å². The van der Waals surface area contributed by atoms with Gasteiger partial charge < -0.3 is 15.1 Å². The molecule has 5 nitrogen and oxygen atoms in total. The van der Waals surface area contributed by atoms with E-state index in [0.29, 0.717) is 31.2 Å². The van der Waals surface area contributed by atoms with Crippen LogP contribution in [0.1, 0.15) is 10.4 Å². The number of carbonyl (C=O) groups excluding carboxylic acids is 2. The molecule has 7 heteroatoms. The molecule has 3 rings (SSSR count). The number of piperazine rings is 1. The standard InChI is InChI=1S/C13H13ClFN3O2/c14-8-1-2-11(15)10(5-8)12(19)17-3-4-18-9(7-17)6-16-13(18)20/h1-2,5,9H,3-4,6-7H2,(H,16,20). The predicted octanol–water partition coefficient (Wildman–Crippen LogP) is 1.33. The quantitative estimate of drug-likeness (QED) is 0.850. The van der Waals surface area contributed by atoms with E-state index in [4.69, 9.17) is 11.6 Å². The third-order valence-electron chi connectivity index (χ3n) is 3.68. The lowest BCUT2D eigenvalue weighted by atomic mass is 10.1. The van der Waals surface area contributed by atoms with Gasteiger partial charge in [-0.1, -0.05) is 11.6 Å². The van der Waals surface area contributed by atoms with Gasteiger partial charge in [0.15, 0.2) is 0 Å². The van der Waals surface area contributed by atoms with Crippen molar-refractivity contribution in [2.45, 2.75) is 6.04 Å². The highest BCUT2D eigenvalue weighted by Gasteiger charge is 2.37. The Kier molecular flexibility index (Phi) is 3.25. The van der Waals surface area contributed by atoms with Gasteiger partial charge in [-0.15, -0.1) is 0 Å². The molecule has 20 heavy (non-hydrogen) atoms. The Bertz CT molecular complexity index is 581. The molecule has 0 saturated carbocycles. The zero-order chi connectivity index (χ0) is 14.3. The number of hydrogen-bond acceptors (Lipinski definition) is 2. The Hall–Kier alpha value is -1.82. The molecular weight excluding hydrogens is 285 g/mol. The van der Waals surface area contributed by atoms with Crippen molar-refractivity contribution in [1.82, 2.24) is 15.1 Å². The summed E-state index contributed by atoms with van der Waals surface area (Å²) >= 11 is 5.81. The van der Waals surface area contributed by atoms with Crippen molar-refractivity contribution in [3.8, 4) is 0 Å². The lowest BCUT2D eigenvalue weighted by Gasteiger charge is -2.36. The summed E-state index contributed by atoms with van der Waals surface area (Å²) in [5, 5.41) is 3.06. The van der Waals surface area contributed by atoms with Gasteiger partial charge in [0.05, 0.1) is 11.6 Å². The summed E-state index contributed by atoms with van der Waals surface area (Å²) in [4.78, 5) is 27.1. The third kappa shape index (κ3) is 2.20. The second kappa shape index (κ2) is 4.94. The van der Waals surface area contributed by atoms with E-state index >= 15 is 0 Å². The zero-order valence-corrected chi connectivity index (χ0v) is 11.4. The second-order valence-electron chi connectivity index (χ2n) is 4.91. The SMILES string of the molecule is O=C(c1cc(Cl)ccc1F)N1CCN2C(=O)NCC2C1. The number of rotatable bonds is 1. The Morgan fingerprint density at radius 2 is 2.20 bits per heavy atom. The van der Waals surface area contributed by atoms with E-state index in [0.717, 1.165) is 0 Å². The molecule has 106 valence electrons. The molecule has 1 aromatic rings. The molecule has 0 bridgehead atoms. The number of fused-ring (bicyclic) bond motifs is 1. The number of benzene rings is 1. The Morgan fingerprint density at radius 3 is 3.00 bits per heavy atom. The molecule has 1 N–H and O–H groups in total. The molecule has 0 radical (unpaired) electrons. The first-order valence-corrected chi connectivity index (χ1v) is 6.73. The highest BCUT2D eigenvalue weighted by Crippen LogP contribution is 2.20. The molecule has 1 atom stereocenters. The molecule has 2 aliphatic heterocycles. The summed E-state index contributed by atoms with van der Waals surface area (Å²) in [5.74, 6) is -0.966. The molecule has 2 saturated heterocycles. The van der Waals surface area contributed by atoms with E-state index < -0.39 is 5.82 Å². The number of amides is 3. The smallest absolute Gasteiger partial charge is 0.317 e. The topological polar surface area (TPSA) is 52.7 Å². The summed E-state index contributed by atoms with van der Waals surface area (Å²) in [5.41, 5.74) is -0.0248. The number of halogens is 2. The predicted molar refractivity (Wildman–Crippen MR) is 71.2 cm³/mol. The monoisotopic (exact) mass is 297 g/mol. The Balaban J connectivity index is 1.78. The summed E-state index contributed by atoms with van der Waals surface area (Å²) in [7, 11) is 0. The van der Waals surface area contributed by atoms with E-state index in [-0.39, 0.29) is 23.5 Å². The fraction of sp³-hybridized carbons (Fsp3) is 0.385. The number of urea groups is 1. The molecule has 0 aromatic heterocycles. The van der Waals surface area contributed by atoms with Crippen molar-refractivity contribution in [2.75, 3.05) is 26.2 Å². The van der Waals surface area contributed by atoms with Crippen molar-refractivity contribution in [1.29, 1.82) is 0 Å². The lowest BCUT2D eigenvalue weighted by Crippen LogP contribution is -2.53. The average molecular weight is 298 g/mol. The first-order chi connectivity index (χ1) is 9.56. The van der Waals surface area contributed by atoms with Crippen LogP contribution in [0.4, 0.5) is 9.18 Å². The van der Waals surface area contributed by atoms with E-state index in [9.17, 15) is 14.0 Å². The molecule has 2 fully saturated rings. The van der Waals surface area contributed by atoms with E-state index in [1.165, 1.54) is 18.2 Å². The largest absolute Gasteiger partial charge is 0.336 e. The van der Waals surface area contributed by atoms with Crippen LogP contribution < -0.4 is 5.32 Å². The molecule has 2 aliphatic rings. The first-order valence-electron chi connectivity index (χ1n) is 6.35. The molecule has 2 heterocycles. The van der Waals surface area contributed by atoms with Crippen LogP contribution in [0.3, 0.4) is 0 Å². The Labute approximate surface area is 120 Å². The van der Waals surface area contributed by atoms with Gasteiger partial charge in [-0.3, -0.25) is 4.79 Å². The van der Waals surface area contributed by atoms with Crippen LogP contribution in [0.15, 0.2) is 18.2 Å². The number of hydrogen-bond donors (Lipinski definition) is 1. The minimum Gasteiger partial charge on any atom is -0.336 e. The van der Waals surface area contributed by atoms with Gasteiger partial charge >= 0.3 is 6.03 Å². The van der Waals surface area contributed by atoms with Gasteiger partial charge in [0.25, 0.3) is 5.91 Å². The van der Waals surface area contributed by atoms with Crippen molar-refractivity contribution in [3.05, 3.63) is 34.6 Å². The Morgan fingerprint density at radius 1 is 1.40 bits per heavy atom. The average Bonchev–Trinajstić information content (AvgIpc) is 2.82. The van der Waals surface area contributed by atoms with Crippen molar-refractivity contribution >= 4 is 23.5 Å². The van der Waals surface area contributed by atoms with E-state index in [2.05, 4.69) is 5.32 Å². The van der Waals surface area contributed by atoms with Crippen LogP contribution >= 0.6 is 11.6 Å². The highest BCUT2D eigenvalue weighted by molar-refractivity contribution is 6.31. The van der Waals surface area contributed by atoms with Gasteiger partial charge in [0, 0.05) is 31.2 Å².